The molecule has 0 atom stereocenters. The van der Waals surface area contributed by atoms with Crippen LogP contribution in [-0.4, -0.2) is 11.0 Å². The number of hydrogen-bond donors (Lipinski definition) is 1. The lowest BCUT2D eigenvalue weighted by molar-refractivity contribution is 0.687. The van der Waals surface area contributed by atoms with Crippen LogP contribution in [0.2, 0.25) is 0 Å². The van der Waals surface area contributed by atoms with E-state index in [0.717, 1.165) is 26.6 Å². The predicted molar refractivity (Wildman–Crippen MR) is 90.1 cm³/mol. The molecule has 20 heavy (non-hydrogen) atoms. The lowest BCUT2D eigenvalue weighted by atomic mass is 10.2. The summed E-state index contributed by atoms with van der Waals surface area (Å²) in [4.78, 5) is 5.57. The van der Waals surface area contributed by atoms with Crippen molar-refractivity contribution >= 4 is 43.6 Å². The van der Waals surface area contributed by atoms with Crippen molar-refractivity contribution < 1.29 is 0 Å². The number of benzene rings is 1. The van der Waals surface area contributed by atoms with Gasteiger partial charge >= 0.3 is 0 Å². The van der Waals surface area contributed by atoms with Crippen molar-refractivity contribution in [1.82, 2.24) is 10.3 Å². The van der Waals surface area contributed by atoms with Gasteiger partial charge in [-0.1, -0.05) is 17.8 Å². The molecule has 0 unspecified atom stereocenters. The first-order valence-corrected chi connectivity index (χ1v) is 8.93. The number of pyridine rings is 1. The average molecular weight is 414 g/mol. The first-order chi connectivity index (χ1) is 9.72. The Bertz CT molecular complexity index is 615. The van der Waals surface area contributed by atoms with Crippen LogP contribution in [0.5, 0.6) is 0 Å². The van der Waals surface area contributed by atoms with E-state index in [1.165, 1.54) is 23.3 Å². The van der Waals surface area contributed by atoms with Crippen LogP contribution >= 0.6 is 43.6 Å². The highest BCUT2D eigenvalue weighted by molar-refractivity contribution is 9.11. The Balaban J connectivity index is 1.71. The van der Waals surface area contributed by atoms with E-state index < -0.39 is 0 Å². The van der Waals surface area contributed by atoms with Gasteiger partial charge in [0.05, 0.1) is 4.47 Å². The van der Waals surface area contributed by atoms with Crippen LogP contribution in [0.1, 0.15) is 18.4 Å². The van der Waals surface area contributed by atoms with Crippen molar-refractivity contribution in [3.8, 4) is 0 Å². The van der Waals surface area contributed by atoms with Crippen LogP contribution < -0.4 is 5.32 Å². The lowest BCUT2D eigenvalue weighted by Crippen LogP contribution is -2.15. The molecule has 1 aromatic heterocycles. The number of hydrogen-bond acceptors (Lipinski definition) is 3. The van der Waals surface area contributed by atoms with Gasteiger partial charge in [0.1, 0.15) is 5.03 Å². The van der Waals surface area contributed by atoms with Gasteiger partial charge in [-0.2, -0.15) is 0 Å². The van der Waals surface area contributed by atoms with E-state index in [2.05, 4.69) is 60.4 Å². The van der Waals surface area contributed by atoms with E-state index >= 15 is 0 Å². The fourth-order valence-corrected chi connectivity index (χ4v) is 3.78. The maximum atomic E-state index is 4.39. The molecular weight excluding hydrogens is 400 g/mol. The van der Waals surface area contributed by atoms with Crippen LogP contribution in [0.15, 0.2) is 55.4 Å². The van der Waals surface area contributed by atoms with Crippen LogP contribution in [0, 0.1) is 0 Å². The average Bonchev–Trinajstić information content (AvgIpc) is 3.26. The minimum atomic E-state index is 0.743. The first-order valence-electron chi connectivity index (χ1n) is 6.52. The summed E-state index contributed by atoms with van der Waals surface area (Å²) in [7, 11) is 0. The molecule has 2 aromatic rings. The van der Waals surface area contributed by atoms with Crippen LogP contribution in [0.25, 0.3) is 0 Å². The van der Waals surface area contributed by atoms with Crippen molar-refractivity contribution in [3.63, 3.8) is 0 Å². The quantitative estimate of drug-likeness (QED) is 0.745. The second-order valence-corrected chi connectivity index (χ2v) is 7.55. The van der Waals surface area contributed by atoms with Crippen molar-refractivity contribution in [3.05, 3.63) is 51.0 Å². The molecule has 1 aromatic carbocycles. The monoisotopic (exact) mass is 412 g/mol. The second-order valence-electron chi connectivity index (χ2n) is 4.81. The Kier molecular flexibility index (Phi) is 4.81. The van der Waals surface area contributed by atoms with Crippen molar-refractivity contribution in [2.45, 2.75) is 35.3 Å². The number of nitrogens with one attached hydrogen (secondary N) is 1. The van der Waals surface area contributed by atoms with E-state index in [0.29, 0.717) is 0 Å². The molecule has 2 nitrogen and oxygen atoms in total. The molecule has 1 aliphatic carbocycles. The summed E-state index contributed by atoms with van der Waals surface area (Å²) >= 11 is 8.85. The molecule has 1 N–H and O–H groups in total. The molecule has 1 saturated carbocycles. The summed E-state index contributed by atoms with van der Waals surface area (Å²) < 4.78 is 2.14. The molecule has 1 aliphatic rings. The van der Waals surface area contributed by atoms with Crippen molar-refractivity contribution in [1.29, 1.82) is 0 Å². The molecule has 0 bridgehead atoms. The number of nitrogens with zero attached hydrogens (tertiary/aromatic N) is 1. The summed E-state index contributed by atoms with van der Waals surface area (Å²) in [5.41, 5.74) is 1.31. The standard InChI is InChI=1S/C15H14Br2N2S/c16-12-2-1-7-18-15(12)20-14-6-3-10(8-13(14)17)9-19-11-4-5-11/h1-3,6-8,11,19H,4-5,9H2. The van der Waals surface area contributed by atoms with Gasteiger partial charge in [0.2, 0.25) is 0 Å². The summed E-state index contributed by atoms with van der Waals surface area (Å²) in [5.74, 6) is 0. The molecule has 104 valence electrons. The molecule has 1 fully saturated rings. The van der Waals surface area contributed by atoms with E-state index in [-0.39, 0.29) is 0 Å². The Hall–Kier alpha value is -0.360. The van der Waals surface area contributed by atoms with E-state index in [4.69, 9.17) is 0 Å². The molecular formula is C15H14Br2N2S. The Labute approximate surface area is 140 Å². The minimum absolute atomic E-state index is 0.743. The highest BCUT2D eigenvalue weighted by atomic mass is 79.9. The second kappa shape index (κ2) is 6.60. The predicted octanol–water partition coefficient (Wildman–Crippen LogP) is 5.01. The molecule has 0 amide bonds. The molecule has 3 rings (SSSR count). The fraction of sp³-hybridized carbons (Fsp3) is 0.267. The van der Waals surface area contributed by atoms with Gasteiger partial charge in [-0.15, -0.1) is 0 Å². The smallest absolute Gasteiger partial charge is 0.115 e. The molecule has 0 saturated heterocycles. The van der Waals surface area contributed by atoms with Crippen molar-refractivity contribution in [2.75, 3.05) is 0 Å². The van der Waals surface area contributed by atoms with Gasteiger partial charge in [-0.25, -0.2) is 4.98 Å². The van der Waals surface area contributed by atoms with Crippen molar-refractivity contribution in [2.24, 2.45) is 0 Å². The van der Waals surface area contributed by atoms with Gasteiger partial charge in [-0.3, -0.25) is 0 Å². The maximum absolute atomic E-state index is 4.39. The van der Waals surface area contributed by atoms with Crippen LogP contribution in [0.3, 0.4) is 0 Å². The maximum Gasteiger partial charge on any atom is 0.115 e. The minimum Gasteiger partial charge on any atom is -0.310 e. The Morgan fingerprint density at radius 3 is 2.75 bits per heavy atom. The SMILES string of the molecule is Brc1cc(CNC2CC2)ccc1Sc1ncccc1Br. The van der Waals surface area contributed by atoms with Gasteiger partial charge in [0.15, 0.2) is 0 Å². The number of halogens is 2. The fourth-order valence-electron chi connectivity index (χ4n) is 1.84. The zero-order chi connectivity index (χ0) is 13.9. The third-order valence-electron chi connectivity index (χ3n) is 3.10. The Morgan fingerprint density at radius 2 is 2.05 bits per heavy atom. The van der Waals surface area contributed by atoms with Gasteiger partial charge in [0, 0.05) is 28.2 Å². The normalized spacial score (nSPS) is 14.5. The summed E-state index contributed by atoms with van der Waals surface area (Å²) in [6, 6.07) is 11.2. The number of rotatable bonds is 5. The molecule has 0 spiro atoms. The highest BCUT2D eigenvalue weighted by Gasteiger charge is 2.20. The molecule has 0 radical (unpaired) electrons. The van der Waals surface area contributed by atoms with Gasteiger partial charge < -0.3 is 5.32 Å². The van der Waals surface area contributed by atoms with E-state index in [1.807, 2.05) is 18.3 Å². The summed E-state index contributed by atoms with van der Waals surface area (Å²) in [5, 5.41) is 4.51. The van der Waals surface area contributed by atoms with E-state index in [9.17, 15) is 0 Å². The highest BCUT2D eigenvalue weighted by Crippen LogP contribution is 2.36. The summed E-state index contributed by atoms with van der Waals surface area (Å²) in [6.45, 7) is 0.946. The number of aromatic nitrogens is 1. The van der Waals surface area contributed by atoms with Gasteiger partial charge in [-0.05, 0) is 74.5 Å². The van der Waals surface area contributed by atoms with E-state index in [1.54, 1.807) is 11.8 Å². The van der Waals surface area contributed by atoms with Crippen LogP contribution in [0.4, 0.5) is 0 Å². The third-order valence-corrected chi connectivity index (χ3v) is 6.02. The molecule has 1 heterocycles. The molecule has 5 heteroatoms. The third kappa shape index (κ3) is 3.85. The zero-order valence-corrected chi connectivity index (χ0v) is 14.8. The first kappa shape index (κ1) is 14.6. The van der Waals surface area contributed by atoms with Crippen LogP contribution in [-0.2, 0) is 6.54 Å². The molecule has 0 aliphatic heterocycles. The largest absolute Gasteiger partial charge is 0.310 e. The van der Waals surface area contributed by atoms with Gasteiger partial charge in [0.25, 0.3) is 0 Å². The summed E-state index contributed by atoms with van der Waals surface area (Å²) in [6.07, 6.45) is 4.46. The topological polar surface area (TPSA) is 24.9 Å². The zero-order valence-electron chi connectivity index (χ0n) is 10.8. The Morgan fingerprint density at radius 1 is 1.20 bits per heavy atom. The lowest BCUT2D eigenvalue weighted by Gasteiger charge is -2.08.